The summed E-state index contributed by atoms with van der Waals surface area (Å²) in [6, 6.07) is 20.5. The lowest BCUT2D eigenvalue weighted by molar-refractivity contribution is -0.118. The van der Waals surface area contributed by atoms with Crippen LogP contribution in [-0.4, -0.2) is 28.1 Å². The molecule has 1 aromatic heterocycles. The molecule has 0 aliphatic rings. The summed E-state index contributed by atoms with van der Waals surface area (Å²) in [6.07, 6.45) is 1.47. The zero-order chi connectivity index (χ0) is 21.5. The average molecular weight is 469 g/mol. The van der Waals surface area contributed by atoms with E-state index >= 15 is 0 Å². The van der Waals surface area contributed by atoms with Crippen LogP contribution in [0.25, 0.3) is 10.8 Å². The third-order valence-electron chi connectivity index (χ3n) is 4.22. The van der Waals surface area contributed by atoms with E-state index in [0.29, 0.717) is 5.56 Å². The fourth-order valence-corrected chi connectivity index (χ4v) is 5.58. The smallest absolute Gasteiger partial charge is 0.250 e. The Balaban J connectivity index is 1.25. The van der Waals surface area contributed by atoms with Crippen molar-refractivity contribution in [3.8, 4) is 0 Å². The maximum absolute atomic E-state index is 12.9. The SMILES string of the molecule is O=C(CSc1nnc(SCc2cccc3ccccc23)s1)NN=Cc1ccc(F)cc1. The van der Waals surface area contributed by atoms with Crippen molar-refractivity contribution in [2.45, 2.75) is 14.4 Å². The fourth-order valence-electron chi connectivity index (χ4n) is 2.76. The Kier molecular flexibility index (Phi) is 7.29. The molecule has 156 valence electrons. The van der Waals surface area contributed by atoms with E-state index in [4.69, 9.17) is 0 Å². The van der Waals surface area contributed by atoms with E-state index in [1.807, 2.05) is 12.1 Å². The summed E-state index contributed by atoms with van der Waals surface area (Å²) >= 11 is 4.43. The molecule has 0 spiro atoms. The number of amides is 1. The molecule has 1 N–H and O–H groups in total. The van der Waals surface area contributed by atoms with Crippen LogP contribution in [0, 0.1) is 5.82 Å². The number of halogens is 1. The number of rotatable bonds is 8. The Bertz CT molecular complexity index is 1210. The zero-order valence-corrected chi connectivity index (χ0v) is 18.6. The predicted octanol–water partition coefficient (Wildman–Crippen LogP) is 5.37. The first kappa shape index (κ1) is 21.5. The number of aromatic nitrogens is 2. The molecular weight excluding hydrogens is 451 g/mol. The normalized spacial score (nSPS) is 11.3. The maximum Gasteiger partial charge on any atom is 0.250 e. The molecule has 0 unspecified atom stereocenters. The highest BCUT2D eigenvalue weighted by Gasteiger charge is 2.09. The van der Waals surface area contributed by atoms with E-state index in [1.54, 1.807) is 23.9 Å². The Morgan fingerprint density at radius 1 is 1.00 bits per heavy atom. The van der Waals surface area contributed by atoms with Crippen molar-refractivity contribution in [1.82, 2.24) is 15.6 Å². The molecule has 1 heterocycles. The van der Waals surface area contributed by atoms with Gasteiger partial charge in [-0.3, -0.25) is 4.79 Å². The summed E-state index contributed by atoms with van der Waals surface area (Å²) in [6.45, 7) is 0. The Labute approximate surface area is 191 Å². The molecule has 4 aromatic rings. The number of carbonyl (C=O) groups is 1. The largest absolute Gasteiger partial charge is 0.272 e. The predicted molar refractivity (Wildman–Crippen MR) is 126 cm³/mol. The number of benzene rings is 3. The van der Waals surface area contributed by atoms with Gasteiger partial charge in [-0.05, 0) is 34.0 Å². The van der Waals surface area contributed by atoms with Gasteiger partial charge in [0.15, 0.2) is 8.68 Å². The molecule has 0 bridgehead atoms. The Morgan fingerprint density at radius 3 is 2.58 bits per heavy atom. The summed E-state index contributed by atoms with van der Waals surface area (Å²) in [7, 11) is 0. The van der Waals surface area contributed by atoms with Gasteiger partial charge in [0.05, 0.1) is 12.0 Å². The first-order chi connectivity index (χ1) is 15.2. The van der Waals surface area contributed by atoms with Gasteiger partial charge in [0.2, 0.25) is 0 Å². The van der Waals surface area contributed by atoms with Gasteiger partial charge in [-0.1, -0.05) is 89.5 Å². The molecule has 3 aromatic carbocycles. The van der Waals surface area contributed by atoms with Gasteiger partial charge >= 0.3 is 0 Å². The van der Waals surface area contributed by atoms with Crippen molar-refractivity contribution in [3.63, 3.8) is 0 Å². The molecule has 9 heteroatoms. The number of nitrogens with zero attached hydrogens (tertiary/aromatic N) is 3. The van der Waals surface area contributed by atoms with Crippen molar-refractivity contribution in [3.05, 3.63) is 83.7 Å². The van der Waals surface area contributed by atoms with Crippen LogP contribution in [0.1, 0.15) is 11.1 Å². The van der Waals surface area contributed by atoms with E-state index in [0.717, 1.165) is 14.4 Å². The van der Waals surface area contributed by atoms with Gasteiger partial charge < -0.3 is 0 Å². The second kappa shape index (κ2) is 10.5. The topological polar surface area (TPSA) is 67.2 Å². The van der Waals surface area contributed by atoms with Crippen LogP contribution < -0.4 is 5.43 Å². The quantitative estimate of drug-likeness (QED) is 0.214. The van der Waals surface area contributed by atoms with Crippen molar-refractivity contribution in [1.29, 1.82) is 0 Å². The molecule has 1 amide bonds. The van der Waals surface area contributed by atoms with Crippen LogP contribution in [0.5, 0.6) is 0 Å². The van der Waals surface area contributed by atoms with Crippen LogP contribution in [0.15, 0.2) is 80.5 Å². The number of fused-ring (bicyclic) bond motifs is 1. The Morgan fingerprint density at radius 2 is 1.74 bits per heavy atom. The van der Waals surface area contributed by atoms with Gasteiger partial charge in [-0.25, -0.2) is 9.82 Å². The van der Waals surface area contributed by atoms with Crippen molar-refractivity contribution in [2.75, 3.05) is 5.75 Å². The highest BCUT2D eigenvalue weighted by atomic mass is 32.2. The van der Waals surface area contributed by atoms with Gasteiger partial charge in [0.25, 0.3) is 5.91 Å². The number of thioether (sulfide) groups is 2. The van der Waals surface area contributed by atoms with Crippen molar-refractivity contribution >= 4 is 57.8 Å². The lowest BCUT2D eigenvalue weighted by atomic mass is 10.1. The van der Waals surface area contributed by atoms with E-state index in [1.165, 1.54) is 57.8 Å². The van der Waals surface area contributed by atoms with Crippen LogP contribution in [0.3, 0.4) is 0 Å². The van der Waals surface area contributed by atoms with Gasteiger partial charge in [0.1, 0.15) is 5.82 Å². The van der Waals surface area contributed by atoms with E-state index < -0.39 is 0 Å². The molecule has 5 nitrogen and oxygen atoms in total. The summed E-state index contributed by atoms with van der Waals surface area (Å²) < 4.78 is 14.5. The standard InChI is InChI=1S/C22H17FN4OS3/c23-18-10-8-15(9-11-18)12-24-25-20(28)14-30-22-27-26-21(31-22)29-13-17-6-3-5-16-4-1-2-7-19(16)17/h1-12H,13-14H2,(H,25,28). The minimum Gasteiger partial charge on any atom is -0.272 e. The van der Waals surface area contributed by atoms with Crippen molar-refractivity contribution in [2.24, 2.45) is 5.10 Å². The number of hydrazone groups is 1. The highest BCUT2D eigenvalue weighted by Crippen LogP contribution is 2.32. The second-order valence-electron chi connectivity index (χ2n) is 6.39. The van der Waals surface area contributed by atoms with E-state index in [9.17, 15) is 9.18 Å². The number of nitrogens with one attached hydrogen (secondary N) is 1. The Hall–Kier alpha value is -2.75. The lowest BCUT2D eigenvalue weighted by Crippen LogP contribution is -2.19. The van der Waals surface area contributed by atoms with Crippen LogP contribution in [-0.2, 0) is 10.5 Å². The highest BCUT2D eigenvalue weighted by molar-refractivity contribution is 8.03. The van der Waals surface area contributed by atoms with Gasteiger partial charge in [-0.2, -0.15) is 5.10 Å². The van der Waals surface area contributed by atoms with E-state index in [2.05, 4.69) is 51.1 Å². The molecule has 0 fully saturated rings. The molecule has 0 aliphatic heterocycles. The monoisotopic (exact) mass is 468 g/mol. The lowest BCUT2D eigenvalue weighted by Gasteiger charge is -2.04. The molecule has 0 aliphatic carbocycles. The summed E-state index contributed by atoms with van der Waals surface area (Å²) in [5.74, 6) is 0.427. The molecule has 0 radical (unpaired) electrons. The van der Waals surface area contributed by atoms with Crippen LogP contribution >= 0.6 is 34.9 Å². The van der Waals surface area contributed by atoms with Crippen molar-refractivity contribution < 1.29 is 9.18 Å². The first-order valence-electron chi connectivity index (χ1n) is 9.30. The first-order valence-corrected chi connectivity index (χ1v) is 12.1. The van der Waals surface area contributed by atoms with Gasteiger partial charge in [-0.15, -0.1) is 10.2 Å². The van der Waals surface area contributed by atoms with E-state index in [-0.39, 0.29) is 17.5 Å². The number of hydrogen-bond donors (Lipinski definition) is 1. The summed E-state index contributed by atoms with van der Waals surface area (Å²) in [4.78, 5) is 11.9. The summed E-state index contributed by atoms with van der Waals surface area (Å²) in [5, 5.41) is 14.7. The average Bonchev–Trinajstić information content (AvgIpc) is 3.25. The third-order valence-corrected chi connectivity index (χ3v) is 7.46. The number of carbonyl (C=O) groups excluding carboxylic acids is 1. The second-order valence-corrected chi connectivity index (χ2v) is 9.82. The molecule has 4 rings (SSSR count). The van der Waals surface area contributed by atoms with Gasteiger partial charge in [0, 0.05) is 5.75 Å². The molecule has 31 heavy (non-hydrogen) atoms. The van der Waals surface area contributed by atoms with Crippen LogP contribution in [0.4, 0.5) is 4.39 Å². The minimum atomic E-state index is -0.315. The molecular formula is C22H17FN4OS3. The summed E-state index contributed by atoms with van der Waals surface area (Å²) in [5.41, 5.74) is 4.41. The molecule has 0 saturated carbocycles. The zero-order valence-electron chi connectivity index (χ0n) is 16.2. The minimum absolute atomic E-state index is 0.184. The maximum atomic E-state index is 12.9. The fraction of sp³-hybridized carbons (Fsp3) is 0.0909. The number of hydrogen-bond acceptors (Lipinski definition) is 7. The molecule has 0 saturated heterocycles. The van der Waals surface area contributed by atoms with Crippen LogP contribution in [0.2, 0.25) is 0 Å². The third kappa shape index (κ3) is 6.13. The molecule has 0 atom stereocenters.